The fourth-order valence-corrected chi connectivity index (χ4v) is 4.07. The lowest BCUT2D eigenvalue weighted by Crippen LogP contribution is -2.17. The Morgan fingerprint density at radius 1 is 1.03 bits per heavy atom. The first kappa shape index (κ1) is 21.0. The monoisotopic (exact) mass is 429 g/mol. The lowest BCUT2D eigenvalue weighted by atomic mass is 9.87. The van der Waals surface area contributed by atoms with Crippen molar-refractivity contribution < 1.29 is 18.2 Å². The standard InChI is InChI=1S/C22H21ClN2O3S/c1-22(2,3)16-6-9-18(10-7-16)29(27,28)25-20-11-8-17(23)13-19(20)21(26)15-5-4-12-24-14-15/h4-14,25H,1-3H3/p+1. The van der Waals surface area contributed by atoms with Crippen LogP contribution in [0.2, 0.25) is 5.02 Å². The Balaban J connectivity index is 1.96. The third kappa shape index (κ3) is 4.83. The number of sulfonamides is 1. The number of ketones is 1. The third-order valence-corrected chi connectivity index (χ3v) is 6.09. The number of carbonyl (C=O) groups excluding carboxylic acids is 1. The molecular weight excluding hydrogens is 408 g/mol. The van der Waals surface area contributed by atoms with Gasteiger partial charge >= 0.3 is 0 Å². The van der Waals surface area contributed by atoms with Gasteiger partial charge in [-0.2, -0.15) is 0 Å². The van der Waals surface area contributed by atoms with Gasteiger partial charge in [-0.15, -0.1) is 0 Å². The quantitative estimate of drug-likeness (QED) is 0.607. The number of carbonyl (C=O) groups is 1. The summed E-state index contributed by atoms with van der Waals surface area (Å²) in [4.78, 5) is 15.8. The molecule has 0 saturated carbocycles. The average molecular weight is 430 g/mol. The van der Waals surface area contributed by atoms with E-state index in [-0.39, 0.29) is 27.3 Å². The number of benzene rings is 2. The number of anilines is 1. The van der Waals surface area contributed by atoms with Crippen LogP contribution in [0.3, 0.4) is 0 Å². The summed E-state index contributed by atoms with van der Waals surface area (Å²) in [5, 5.41) is 0.339. The van der Waals surface area contributed by atoms with Crippen molar-refractivity contribution in [2.75, 3.05) is 4.72 Å². The van der Waals surface area contributed by atoms with Gasteiger partial charge in [0.25, 0.3) is 10.0 Å². The van der Waals surface area contributed by atoms with E-state index in [1.165, 1.54) is 18.2 Å². The number of aromatic nitrogens is 1. The van der Waals surface area contributed by atoms with E-state index in [1.54, 1.807) is 48.8 Å². The first-order chi connectivity index (χ1) is 13.6. The minimum Gasteiger partial charge on any atom is -0.288 e. The van der Waals surface area contributed by atoms with Crippen LogP contribution < -0.4 is 9.71 Å². The predicted octanol–water partition coefficient (Wildman–Crippen LogP) is 4.48. The van der Waals surface area contributed by atoms with Crippen LogP contribution in [-0.2, 0) is 15.4 Å². The summed E-state index contributed by atoms with van der Waals surface area (Å²) >= 11 is 6.06. The van der Waals surface area contributed by atoms with Gasteiger partial charge in [0.05, 0.1) is 16.1 Å². The van der Waals surface area contributed by atoms with Crippen LogP contribution in [0.1, 0.15) is 42.3 Å². The summed E-state index contributed by atoms with van der Waals surface area (Å²) in [5.74, 6) is -0.342. The van der Waals surface area contributed by atoms with Gasteiger partial charge in [-0.05, 0) is 47.4 Å². The normalized spacial score (nSPS) is 11.9. The third-order valence-electron chi connectivity index (χ3n) is 4.47. The molecular formula is C22H22ClN2O3S+. The molecule has 3 aromatic rings. The molecule has 0 fully saturated rings. The van der Waals surface area contributed by atoms with E-state index in [0.29, 0.717) is 10.6 Å². The number of halogens is 1. The van der Waals surface area contributed by atoms with E-state index in [0.717, 1.165) is 5.56 Å². The molecule has 0 bridgehead atoms. The summed E-state index contributed by atoms with van der Waals surface area (Å²) in [7, 11) is -3.88. The van der Waals surface area contributed by atoms with E-state index < -0.39 is 10.0 Å². The highest BCUT2D eigenvalue weighted by atomic mass is 35.5. The molecule has 2 N–H and O–H groups in total. The molecule has 2 aromatic carbocycles. The molecule has 150 valence electrons. The van der Waals surface area contributed by atoms with Crippen molar-refractivity contribution in [2.24, 2.45) is 0 Å². The van der Waals surface area contributed by atoms with Gasteiger partial charge in [0.15, 0.2) is 12.4 Å². The van der Waals surface area contributed by atoms with Gasteiger partial charge in [0, 0.05) is 16.7 Å². The molecule has 0 saturated heterocycles. The van der Waals surface area contributed by atoms with Gasteiger partial charge in [-0.3, -0.25) is 9.52 Å². The van der Waals surface area contributed by atoms with E-state index in [1.807, 2.05) is 0 Å². The van der Waals surface area contributed by atoms with Crippen LogP contribution in [0.15, 0.2) is 71.9 Å². The molecule has 1 aromatic heterocycles. The Labute approximate surface area is 175 Å². The molecule has 29 heavy (non-hydrogen) atoms. The van der Waals surface area contributed by atoms with E-state index in [2.05, 4.69) is 30.5 Å². The molecule has 0 unspecified atom stereocenters. The van der Waals surface area contributed by atoms with Gasteiger partial charge in [0.1, 0.15) is 0 Å². The summed E-state index contributed by atoms with van der Waals surface area (Å²) in [5.41, 5.74) is 1.68. The molecule has 3 rings (SSSR count). The highest BCUT2D eigenvalue weighted by Crippen LogP contribution is 2.27. The van der Waals surface area contributed by atoms with Crippen molar-refractivity contribution in [3.05, 3.63) is 88.7 Å². The average Bonchev–Trinajstić information content (AvgIpc) is 2.69. The van der Waals surface area contributed by atoms with Gasteiger partial charge < -0.3 is 0 Å². The van der Waals surface area contributed by atoms with Crippen molar-refractivity contribution in [1.82, 2.24) is 0 Å². The molecule has 0 aliphatic rings. The molecule has 0 aliphatic heterocycles. The number of aromatic amines is 1. The van der Waals surface area contributed by atoms with Crippen LogP contribution >= 0.6 is 11.6 Å². The minimum atomic E-state index is -3.88. The van der Waals surface area contributed by atoms with Gasteiger partial charge in [0.2, 0.25) is 5.78 Å². The van der Waals surface area contributed by atoms with Gasteiger partial charge in [-0.25, -0.2) is 13.4 Å². The topological polar surface area (TPSA) is 77.4 Å². The Morgan fingerprint density at radius 3 is 2.31 bits per heavy atom. The van der Waals surface area contributed by atoms with Crippen molar-refractivity contribution >= 4 is 33.1 Å². The van der Waals surface area contributed by atoms with E-state index >= 15 is 0 Å². The Kier molecular flexibility index (Phi) is 5.78. The van der Waals surface area contributed by atoms with E-state index in [9.17, 15) is 13.2 Å². The SMILES string of the molecule is CC(C)(C)c1ccc(S(=O)(=O)Nc2ccc(Cl)cc2C(=O)c2ccc[nH+]c2)cc1. The minimum absolute atomic E-state index is 0.0851. The molecule has 0 aliphatic carbocycles. The van der Waals surface area contributed by atoms with E-state index in [4.69, 9.17) is 11.6 Å². The Morgan fingerprint density at radius 2 is 1.72 bits per heavy atom. The van der Waals surface area contributed by atoms with Crippen LogP contribution in [-0.4, -0.2) is 14.2 Å². The zero-order valence-electron chi connectivity index (χ0n) is 16.4. The van der Waals surface area contributed by atoms with Crippen LogP contribution in [0.4, 0.5) is 5.69 Å². The lowest BCUT2D eigenvalue weighted by molar-refractivity contribution is -0.378. The molecule has 7 heteroatoms. The second-order valence-electron chi connectivity index (χ2n) is 7.69. The molecule has 1 heterocycles. The number of pyridine rings is 1. The molecule has 0 radical (unpaired) electrons. The maximum atomic E-state index is 12.9. The molecule has 0 amide bonds. The van der Waals surface area contributed by atoms with Crippen molar-refractivity contribution in [1.29, 1.82) is 0 Å². The number of hydrogen-bond donors (Lipinski definition) is 1. The second-order valence-corrected chi connectivity index (χ2v) is 9.81. The zero-order valence-corrected chi connectivity index (χ0v) is 17.9. The highest BCUT2D eigenvalue weighted by molar-refractivity contribution is 7.92. The number of hydrogen-bond acceptors (Lipinski definition) is 3. The maximum absolute atomic E-state index is 12.9. The summed E-state index contributed by atoms with van der Waals surface area (Å²) in [6, 6.07) is 14.5. The first-order valence-corrected chi connectivity index (χ1v) is 10.9. The summed E-state index contributed by atoms with van der Waals surface area (Å²) in [6.45, 7) is 6.17. The maximum Gasteiger partial charge on any atom is 0.261 e. The molecule has 0 spiro atoms. The van der Waals surface area contributed by atoms with Crippen molar-refractivity contribution in [3.8, 4) is 0 Å². The summed E-state index contributed by atoms with van der Waals surface area (Å²) in [6.07, 6.45) is 3.23. The second kappa shape index (κ2) is 7.97. The van der Waals surface area contributed by atoms with Crippen molar-refractivity contribution in [3.63, 3.8) is 0 Å². The number of nitrogens with one attached hydrogen (secondary N) is 2. The predicted molar refractivity (Wildman–Crippen MR) is 114 cm³/mol. The van der Waals surface area contributed by atoms with Crippen LogP contribution in [0.25, 0.3) is 0 Å². The fraction of sp³-hybridized carbons (Fsp3) is 0.182. The van der Waals surface area contributed by atoms with Gasteiger partial charge in [-0.1, -0.05) is 44.5 Å². The fourth-order valence-electron chi connectivity index (χ4n) is 2.82. The van der Waals surface area contributed by atoms with Crippen LogP contribution in [0.5, 0.6) is 0 Å². The van der Waals surface area contributed by atoms with Crippen molar-refractivity contribution in [2.45, 2.75) is 31.1 Å². The molecule has 0 atom stereocenters. The first-order valence-electron chi connectivity index (χ1n) is 9.02. The Hall–Kier alpha value is -2.70. The highest BCUT2D eigenvalue weighted by Gasteiger charge is 2.22. The molecule has 5 nitrogen and oxygen atoms in total. The summed E-state index contributed by atoms with van der Waals surface area (Å²) < 4.78 is 28.3. The number of H-pyrrole nitrogens is 1. The number of rotatable bonds is 5. The lowest BCUT2D eigenvalue weighted by Gasteiger charge is -2.19. The largest absolute Gasteiger partial charge is 0.288 e. The Bertz CT molecular complexity index is 1140. The van der Waals surface area contributed by atoms with Crippen LogP contribution in [0, 0.1) is 0 Å². The zero-order chi connectivity index (χ0) is 21.2. The smallest absolute Gasteiger partial charge is 0.261 e.